The molecule has 2 aromatic rings. The van der Waals surface area contributed by atoms with Gasteiger partial charge in [0.25, 0.3) is 0 Å². The number of rotatable bonds is 5. The first kappa shape index (κ1) is 15.6. The van der Waals surface area contributed by atoms with Crippen LogP contribution >= 0.6 is 0 Å². The molecule has 3 rings (SSSR count). The van der Waals surface area contributed by atoms with Gasteiger partial charge < -0.3 is 4.74 Å². The van der Waals surface area contributed by atoms with E-state index in [-0.39, 0.29) is 0 Å². The van der Waals surface area contributed by atoms with Crippen molar-refractivity contribution in [3.63, 3.8) is 0 Å². The minimum absolute atomic E-state index is 0.390. The zero-order valence-electron chi connectivity index (χ0n) is 14.0. The molecule has 0 aliphatic heterocycles. The first-order valence-corrected chi connectivity index (χ1v) is 8.32. The van der Waals surface area contributed by atoms with E-state index in [1.807, 2.05) is 6.08 Å². The van der Waals surface area contributed by atoms with Crippen molar-refractivity contribution in [2.75, 3.05) is 0 Å². The Hall–Kier alpha value is -2.28. The summed E-state index contributed by atoms with van der Waals surface area (Å²) < 4.78 is 6.12. The Morgan fingerprint density at radius 3 is 2.70 bits per heavy atom. The largest absolute Gasteiger partial charge is 0.489 e. The summed E-state index contributed by atoms with van der Waals surface area (Å²) in [6, 6.07) is 15.0. The van der Waals surface area contributed by atoms with Gasteiger partial charge in [-0.1, -0.05) is 55.5 Å². The lowest BCUT2D eigenvalue weighted by Gasteiger charge is -2.19. The van der Waals surface area contributed by atoms with Crippen molar-refractivity contribution < 1.29 is 4.74 Å². The van der Waals surface area contributed by atoms with Gasteiger partial charge in [-0.15, -0.1) is 6.58 Å². The second kappa shape index (κ2) is 6.87. The lowest BCUT2D eigenvalue weighted by atomic mass is 9.91. The van der Waals surface area contributed by atoms with Crippen molar-refractivity contribution in [2.24, 2.45) is 0 Å². The molecule has 1 nitrogen and oxygen atoms in total. The molecule has 23 heavy (non-hydrogen) atoms. The van der Waals surface area contributed by atoms with E-state index in [4.69, 9.17) is 4.74 Å². The van der Waals surface area contributed by atoms with Crippen molar-refractivity contribution in [1.29, 1.82) is 0 Å². The maximum Gasteiger partial charge on any atom is 0.123 e. The van der Waals surface area contributed by atoms with Crippen LogP contribution in [0.1, 0.15) is 48.4 Å². The fourth-order valence-corrected chi connectivity index (χ4v) is 3.09. The highest BCUT2D eigenvalue weighted by molar-refractivity contribution is 5.70. The van der Waals surface area contributed by atoms with E-state index in [1.54, 1.807) is 0 Å². The number of ether oxygens (including phenoxy) is 1. The van der Waals surface area contributed by atoms with Crippen LogP contribution in [0.5, 0.6) is 5.75 Å². The molecule has 1 unspecified atom stereocenters. The topological polar surface area (TPSA) is 9.23 Å². The van der Waals surface area contributed by atoms with E-state index in [1.165, 1.54) is 27.8 Å². The number of hydrogen-bond acceptors (Lipinski definition) is 1. The summed E-state index contributed by atoms with van der Waals surface area (Å²) in [7, 11) is 0. The Bertz CT molecular complexity index is 722. The fourth-order valence-electron chi connectivity index (χ4n) is 3.09. The predicted octanol–water partition coefficient (Wildman–Crippen LogP) is 5.90. The van der Waals surface area contributed by atoms with Gasteiger partial charge in [0.15, 0.2) is 0 Å². The minimum atomic E-state index is 0.390. The summed E-state index contributed by atoms with van der Waals surface area (Å²) in [5.41, 5.74) is 6.54. The van der Waals surface area contributed by atoms with E-state index in [9.17, 15) is 0 Å². The average molecular weight is 304 g/mol. The molecule has 2 aromatic carbocycles. The molecular weight excluding hydrogens is 280 g/mol. The highest BCUT2D eigenvalue weighted by Gasteiger charge is 2.14. The lowest BCUT2D eigenvalue weighted by Crippen LogP contribution is -2.04. The van der Waals surface area contributed by atoms with Crippen LogP contribution in [0.25, 0.3) is 5.57 Å². The molecule has 0 radical (unpaired) electrons. The maximum absolute atomic E-state index is 6.12. The first-order chi connectivity index (χ1) is 11.2. The van der Waals surface area contributed by atoms with Crippen molar-refractivity contribution in [2.45, 2.75) is 39.2 Å². The van der Waals surface area contributed by atoms with Crippen molar-refractivity contribution in [1.82, 2.24) is 0 Å². The van der Waals surface area contributed by atoms with Crippen LogP contribution in [0.2, 0.25) is 0 Å². The SMILES string of the molecule is C=CC(C)c1ccc(COc2cccc3c2CCC=C3C)cc1. The normalized spacial score (nSPS) is 14.6. The predicted molar refractivity (Wildman–Crippen MR) is 97.8 cm³/mol. The fraction of sp³-hybridized carbons (Fsp3) is 0.273. The van der Waals surface area contributed by atoms with Crippen LogP contribution in [-0.4, -0.2) is 0 Å². The van der Waals surface area contributed by atoms with Crippen LogP contribution in [0, 0.1) is 0 Å². The average Bonchev–Trinajstić information content (AvgIpc) is 2.60. The van der Waals surface area contributed by atoms with Gasteiger partial charge in [-0.3, -0.25) is 0 Å². The summed E-state index contributed by atoms with van der Waals surface area (Å²) in [6.07, 6.45) is 6.45. The van der Waals surface area contributed by atoms with E-state index in [0.29, 0.717) is 12.5 Å². The van der Waals surface area contributed by atoms with Crippen molar-refractivity contribution in [3.8, 4) is 5.75 Å². The molecule has 0 amide bonds. The molecular formula is C22H24O. The summed E-state index contributed by atoms with van der Waals surface area (Å²) in [4.78, 5) is 0. The molecule has 0 saturated carbocycles. The second-order valence-corrected chi connectivity index (χ2v) is 6.26. The number of hydrogen-bond donors (Lipinski definition) is 0. The van der Waals surface area contributed by atoms with E-state index >= 15 is 0 Å². The molecule has 1 aliphatic rings. The van der Waals surface area contributed by atoms with Gasteiger partial charge in [0.1, 0.15) is 12.4 Å². The molecule has 1 atom stereocenters. The Kier molecular flexibility index (Phi) is 4.66. The summed E-state index contributed by atoms with van der Waals surface area (Å²) in [5.74, 6) is 1.42. The molecule has 0 bridgehead atoms. The van der Waals surface area contributed by atoms with Gasteiger partial charge in [-0.05, 0) is 54.0 Å². The van der Waals surface area contributed by atoms with Crippen LogP contribution in [0.15, 0.2) is 61.2 Å². The van der Waals surface area contributed by atoms with Crippen molar-refractivity contribution >= 4 is 5.57 Å². The molecule has 0 fully saturated rings. The third-order valence-corrected chi connectivity index (χ3v) is 4.66. The molecule has 0 saturated heterocycles. The molecule has 1 heteroatoms. The highest BCUT2D eigenvalue weighted by atomic mass is 16.5. The zero-order chi connectivity index (χ0) is 16.2. The van der Waals surface area contributed by atoms with Gasteiger partial charge in [-0.25, -0.2) is 0 Å². The number of benzene rings is 2. The van der Waals surface area contributed by atoms with Crippen LogP contribution in [0.4, 0.5) is 0 Å². The number of fused-ring (bicyclic) bond motifs is 1. The Morgan fingerprint density at radius 1 is 1.17 bits per heavy atom. The van der Waals surface area contributed by atoms with Crippen LogP contribution in [0.3, 0.4) is 0 Å². The zero-order valence-corrected chi connectivity index (χ0v) is 14.0. The van der Waals surface area contributed by atoms with Gasteiger partial charge in [0.05, 0.1) is 0 Å². The summed E-state index contributed by atoms with van der Waals surface area (Å²) in [5, 5.41) is 0. The summed E-state index contributed by atoms with van der Waals surface area (Å²) in [6.45, 7) is 8.81. The van der Waals surface area contributed by atoms with Crippen LogP contribution < -0.4 is 4.74 Å². The monoisotopic (exact) mass is 304 g/mol. The van der Waals surface area contributed by atoms with Gasteiger partial charge >= 0.3 is 0 Å². The van der Waals surface area contributed by atoms with Crippen molar-refractivity contribution in [3.05, 3.63) is 83.4 Å². The Balaban J connectivity index is 1.73. The van der Waals surface area contributed by atoms with E-state index in [0.717, 1.165) is 18.6 Å². The van der Waals surface area contributed by atoms with E-state index in [2.05, 4.69) is 69.0 Å². The Labute approximate surface area is 139 Å². The van der Waals surface area contributed by atoms with Gasteiger partial charge in [0.2, 0.25) is 0 Å². The maximum atomic E-state index is 6.12. The second-order valence-electron chi connectivity index (χ2n) is 6.26. The molecule has 0 heterocycles. The van der Waals surface area contributed by atoms with Crippen LogP contribution in [-0.2, 0) is 13.0 Å². The quantitative estimate of drug-likeness (QED) is 0.624. The lowest BCUT2D eigenvalue weighted by molar-refractivity contribution is 0.302. The smallest absolute Gasteiger partial charge is 0.123 e. The third kappa shape index (κ3) is 3.39. The van der Waals surface area contributed by atoms with Gasteiger partial charge in [-0.2, -0.15) is 0 Å². The highest BCUT2D eigenvalue weighted by Crippen LogP contribution is 2.33. The van der Waals surface area contributed by atoms with E-state index < -0.39 is 0 Å². The molecule has 1 aliphatic carbocycles. The summed E-state index contributed by atoms with van der Waals surface area (Å²) >= 11 is 0. The molecule has 118 valence electrons. The first-order valence-electron chi connectivity index (χ1n) is 8.32. The standard InChI is InChI=1S/C22H24O/c1-4-16(2)19-13-11-18(12-14-19)15-23-22-10-6-8-20-17(3)7-5-9-21(20)22/h4,6-8,10-14,16H,1,5,9,15H2,2-3H3. The molecule has 0 spiro atoms. The molecule has 0 N–H and O–H groups in total. The van der Waals surface area contributed by atoms with Gasteiger partial charge in [0, 0.05) is 5.56 Å². The Morgan fingerprint density at radius 2 is 1.96 bits per heavy atom. The third-order valence-electron chi connectivity index (χ3n) is 4.66. The minimum Gasteiger partial charge on any atom is -0.489 e. The number of allylic oxidation sites excluding steroid dienone is 3. The molecule has 0 aromatic heterocycles.